The second-order valence-electron chi connectivity index (χ2n) is 8.64. The average molecular weight is 435 g/mol. The van der Waals surface area contributed by atoms with Crippen LogP contribution in [0.4, 0.5) is 4.79 Å². The molecule has 0 atom stereocenters. The minimum Gasteiger partial charge on any atom is -0.323 e. The van der Waals surface area contributed by atoms with E-state index in [4.69, 9.17) is 0 Å². The first kappa shape index (κ1) is 21.3. The van der Waals surface area contributed by atoms with Crippen LogP contribution < -0.4 is 5.32 Å². The molecule has 1 N–H and O–H groups in total. The highest BCUT2D eigenvalue weighted by molar-refractivity contribution is 7.89. The number of hydrogen-bond acceptors (Lipinski definition) is 5. The maximum Gasteiger partial charge on any atom is 0.326 e. The molecule has 0 aromatic heterocycles. The first-order valence-corrected chi connectivity index (χ1v) is 12.2. The van der Waals surface area contributed by atoms with E-state index in [0.29, 0.717) is 50.3 Å². The monoisotopic (exact) mass is 434 g/mol. The summed E-state index contributed by atoms with van der Waals surface area (Å²) in [5.41, 5.74) is 0.294. The van der Waals surface area contributed by atoms with Gasteiger partial charge in [-0.05, 0) is 38.3 Å². The van der Waals surface area contributed by atoms with Crippen molar-refractivity contribution in [2.24, 2.45) is 0 Å². The summed E-state index contributed by atoms with van der Waals surface area (Å²) in [6.07, 6.45) is 5.07. The van der Waals surface area contributed by atoms with Gasteiger partial charge >= 0.3 is 6.03 Å². The van der Waals surface area contributed by atoms with Crippen molar-refractivity contribution in [3.8, 4) is 0 Å². The van der Waals surface area contributed by atoms with Crippen molar-refractivity contribution in [3.63, 3.8) is 0 Å². The van der Waals surface area contributed by atoms with E-state index in [1.54, 1.807) is 24.3 Å². The number of rotatable bonds is 4. The molecule has 0 radical (unpaired) electrons. The number of nitrogens with one attached hydrogen (secondary N) is 1. The minimum absolute atomic E-state index is 0.124. The zero-order valence-corrected chi connectivity index (χ0v) is 18.3. The summed E-state index contributed by atoms with van der Waals surface area (Å²) in [7, 11) is -3.55. The van der Waals surface area contributed by atoms with Gasteiger partial charge in [-0.1, -0.05) is 37.0 Å². The molecule has 0 unspecified atom stereocenters. The number of nitrogens with zero attached hydrogens (tertiary/aromatic N) is 3. The summed E-state index contributed by atoms with van der Waals surface area (Å²) in [6, 6.07) is 6.56. The van der Waals surface area contributed by atoms with Gasteiger partial charge in [-0.2, -0.15) is 4.31 Å². The van der Waals surface area contributed by atoms with Crippen LogP contribution in [0.2, 0.25) is 0 Å². The summed E-state index contributed by atoms with van der Waals surface area (Å²) in [5.74, 6) is -0.124. The third kappa shape index (κ3) is 3.98. The molecule has 1 aliphatic carbocycles. The Morgan fingerprint density at radius 2 is 1.63 bits per heavy atom. The number of amides is 3. The fourth-order valence-corrected chi connectivity index (χ4v) is 6.16. The molecule has 8 nitrogen and oxygen atoms in total. The molecule has 2 saturated heterocycles. The minimum atomic E-state index is -3.55. The summed E-state index contributed by atoms with van der Waals surface area (Å²) in [4.78, 5) is 29.1. The van der Waals surface area contributed by atoms with E-state index in [9.17, 15) is 18.0 Å². The van der Waals surface area contributed by atoms with Gasteiger partial charge in [0, 0.05) is 26.2 Å². The molecule has 1 aromatic carbocycles. The summed E-state index contributed by atoms with van der Waals surface area (Å²) in [5, 5.41) is 2.94. The molecule has 3 fully saturated rings. The maximum absolute atomic E-state index is 13.0. The normalized spacial score (nSPS) is 23.6. The van der Waals surface area contributed by atoms with E-state index in [1.165, 1.54) is 9.21 Å². The van der Waals surface area contributed by atoms with Gasteiger partial charge < -0.3 is 5.32 Å². The van der Waals surface area contributed by atoms with Gasteiger partial charge in [0.05, 0.1) is 11.6 Å². The molecular formula is C21H30N4O4S. The lowest BCUT2D eigenvalue weighted by Crippen LogP contribution is -2.49. The van der Waals surface area contributed by atoms with Crippen LogP contribution in [0.25, 0.3) is 0 Å². The number of imide groups is 1. The molecule has 4 rings (SSSR count). The molecule has 2 aliphatic heterocycles. The van der Waals surface area contributed by atoms with Crippen molar-refractivity contribution >= 4 is 22.0 Å². The smallest absolute Gasteiger partial charge is 0.323 e. The molecule has 3 amide bonds. The van der Waals surface area contributed by atoms with Gasteiger partial charge in [0.25, 0.3) is 5.91 Å². The average Bonchev–Trinajstić information content (AvgIpc) is 2.90. The molecule has 1 aromatic rings. The van der Waals surface area contributed by atoms with Crippen molar-refractivity contribution < 1.29 is 18.0 Å². The van der Waals surface area contributed by atoms with Crippen molar-refractivity contribution in [2.45, 2.75) is 55.9 Å². The molecular weight excluding hydrogens is 404 g/mol. The van der Waals surface area contributed by atoms with Gasteiger partial charge in [0.15, 0.2) is 0 Å². The Kier molecular flexibility index (Phi) is 5.87. The summed E-state index contributed by atoms with van der Waals surface area (Å²) >= 11 is 0. The first-order chi connectivity index (χ1) is 14.3. The SMILES string of the molecule is Cc1ccc(S(=O)(=O)N2CCCN(CN3C(=O)NC4(CCCCC4)C3=O)CC2)cc1. The van der Waals surface area contributed by atoms with E-state index in [2.05, 4.69) is 5.32 Å². The van der Waals surface area contributed by atoms with Crippen LogP contribution in [0.15, 0.2) is 29.2 Å². The maximum atomic E-state index is 13.0. The highest BCUT2D eigenvalue weighted by atomic mass is 32.2. The summed E-state index contributed by atoms with van der Waals surface area (Å²) in [6.45, 7) is 4.03. The van der Waals surface area contributed by atoms with Crippen molar-refractivity contribution in [2.75, 3.05) is 32.8 Å². The van der Waals surface area contributed by atoms with E-state index in [0.717, 1.165) is 24.8 Å². The van der Waals surface area contributed by atoms with Crippen LogP contribution in [-0.4, -0.2) is 72.8 Å². The Hall–Kier alpha value is -1.97. The van der Waals surface area contributed by atoms with Gasteiger partial charge in [-0.3, -0.25) is 9.69 Å². The molecule has 3 aliphatic rings. The van der Waals surface area contributed by atoms with Gasteiger partial charge in [0.1, 0.15) is 5.54 Å². The van der Waals surface area contributed by atoms with Gasteiger partial charge in [-0.15, -0.1) is 0 Å². The van der Waals surface area contributed by atoms with Crippen molar-refractivity contribution in [3.05, 3.63) is 29.8 Å². The zero-order chi connectivity index (χ0) is 21.4. The second kappa shape index (κ2) is 8.28. The third-order valence-electron chi connectivity index (χ3n) is 6.50. The Balaban J connectivity index is 1.40. The zero-order valence-electron chi connectivity index (χ0n) is 17.5. The Labute approximate surface area is 178 Å². The van der Waals surface area contributed by atoms with Crippen LogP contribution >= 0.6 is 0 Å². The molecule has 2 heterocycles. The first-order valence-electron chi connectivity index (χ1n) is 10.8. The van der Waals surface area contributed by atoms with Crippen LogP contribution in [-0.2, 0) is 14.8 Å². The predicted octanol–water partition coefficient (Wildman–Crippen LogP) is 1.90. The Bertz CT molecular complexity index is 909. The van der Waals surface area contributed by atoms with E-state index in [-0.39, 0.29) is 18.6 Å². The van der Waals surface area contributed by atoms with Gasteiger partial charge in [0.2, 0.25) is 10.0 Å². The summed E-state index contributed by atoms with van der Waals surface area (Å²) < 4.78 is 27.5. The fraction of sp³-hybridized carbons (Fsp3) is 0.619. The molecule has 1 saturated carbocycles. The standard InChI is InChI=1S/C21H30N4O4S/c1-17-6-8-18(9-7-17)30(28,29)24-13-5-12-23(14-15-24)16-25-19(26)21(22-20(25)27)10-3-2-4-11-21/h6-9H,2-5,10-16H2,1H3,(H,22,27). The number of hydrogen-bond donors (Lipinski definition) is 1. The Morgan fingerprint density at radius 3 is 2.33 bits per heavy atom. The predicted molar refractivity (Wildman–Crippen MR) is 112 cm³/mol. The van der Waals surface area contributed by atoms with Crippen molar-refractivity contribution in [1.29, 1.82) is 0 Å². The lowest BCUT2D eigenvalue weighted by Gasteiger charge is -2.31. The third-order valence-corrected chi connectivity index (χ3v) is 8.41. The highest BCUT2D eigenvalue weighted by Gasteiger charge is 2.51. The second-order valence-corrected chi connectivity index (χ2v) is 10.6. The van der Waals surface area contributed by atoms with Crippen LogP contribution in [0.5, 0.6) is 0 Å². The lowest BCUT2D eigenvalue weighted by atomic mass is 9.82. The topological polar surface area (TPSA) is 90.0 Å². The number of urea groups is 1. The number of benzene rings is 1. The van der Waals surface area contributed by atoms with E-state index in [1.807, 2.05) is 11.8 Å². The number of sulfonamides is 1. The number of carbonyl (C=O) groups excluding carboxylic acids is 2. The molecule has 1 spiro atoms. The molecule has 9 heteroatoms. The largest absolute Gasteiger partial charge is 0.326 e. The van der Waals surface area contributed by atoms with E-state index >= 15 is 0 Å². The van der Waals surface area contributed by atoms with Crippen LogP contribution in [0.3, 0.4) is 0 Å². The highest BCUT2D eigenvalue weighted by Crippen LogP contribution is 2.33. The van der Waals surface area contributed by atoms with Gasteiger partial charge in [-0.25, -0.2) is 18.1 Å². The molecule has 164 valence electrons. The fourth-order valence-electron chi connectivity index (χ4n) is 4.69. The lowest BCUT2D eigenvalue weighted by molar-refractivity contribution is -0.133. The van der Waals surface area contributed by atoms with Crippen LogP contribution in [0.1, 0.15) is 44.1 Å². The number of carbonyl (C=O) groups is 2. The van der Waals surface area contributed by atoms with E-state index < -0.39 is 15.6 Å². The Morgan fingerprint density at radius 1 is 0.933 bits per heavy atom. The quantitative estimate of drug-likeness (QED) is 0.731. The van der Waals surface area contributed by atoms with Crippen molar-refractivity contribution in [1.82, 2.24) is 19.4 Å². The molecule has 30 heavy (non-hydrogen) atoms. The van der Waals surface area contributed by atoms with Crippen LogP contribution in [0, 0.1) is 6.92 Å². The number of aryl methyl sites for hydroxylation is 1. The molecule has 0 bridgehead atoms.